The fraction of sp³-hybridized carbons (Fsp3) is 0.346. The Hall–Kier alpha value is -3.69. The summed E-state index contributed by atoms with van der Waals surface area (Å²) in [6.45, 7) is 2.29. The molecule has 1 fully saturated rings. The standard InChI is InChI=1S/C26H27N3O6/c1-33-16-35-23-5-3-2-4-20(23)17-8-10-28(25(30)13-17)15-24-27-21-7-6-18(26(31)32)12-22(21)29(24)14-19-9-11-34-19/h2-7,12-13,19H,8-11,14-16H2,1H3,(H,31,32)/t19-/m0/s1. The Morgan fingerprint density at radius 2 is 2.09 bits per heavy atom. The molecule has 1 N–H and O–H groups in total. The maximum atomic E-state index is 13.1. The van der Waals surface area contributed by atoms with E-state index in [9.17, 15) is 14.7 Å². The molecule has 2 aliphatic heterocycles. The van der Waals surface area contributed by atoms with Crippen LogP contribution in [0.25, 0.3) is 16.6 Å². The lowest BCUT2D eigenvalue weighted by Gasteiger charge is -2.29. The molecule has 1 saturated heterocycles. The molecule has 0 unspecified atom stereocenters. The minimum absolute atomic E-state index is 0.0618. The van der Waals surface area contributed by atoms with Crippen molar-refractivity contribution in [1.82, 2.24) is 14.5 Å². The summed E-state index contributed by atoms with van der Waals surface area (Å²) in [5.74, 6) is 0.308. The first kappa shape index (κ1) is 23.1. The summed E-state index contributed by atoms with van der Waals surface area (Å²) in [6, 6.07) is 12.5. The lowest BCUT2D eigenvalue weighted by atomic mass is 9.98. The van der Waals surface area contributed by atoms with Gasteiger partial charge in [-0.15, -0.1) is 0 Å². The highest BCUT2D eigenvalue weighted by atomic mass is 16.7. The molecule has 9 nitrogen and oxygen atoms in total. The second-order valence-electron chi connectivity index (χ2n) is 8.66. The Morgan fingerprint density at radius 1 is 1.26 bits per heavy atom. The number of ether oxygens (including phenoxy) is 3. The lowest BCUT2D eigenvalue weighted by molar-refractivity contribution is -0.127. The largest absolute Gasteiger partial charge is 0.478 e. The van der Waals surface area contributed by atoms with Crippen molar-refractivity contribution in [2.45, 2.75) is 32.0 Å². The summed E-state index contributed by atoms with van der Waals surface area (Å²) < 4.78 is 18.3. The van der Waals surface area contributed by atoms with Crippen LogP contribution < -0.4 is 4.74 Å². The Bertz CT molecular complexity index is 1290. The summed E-state index contributed by atoms with van der Waals surface area (Å²) in [5.41, 5.74) is 3.44. The van der Waals surface area contributed by atoms with Gasteiger partial charge in [-0.1, -0.05) is 18.2 Å². The molecule has 5 rings (SSSR count). The number of aromatic carboxylic acids is 1. The first-order chi connectivity index (χ1) is 17.0. The van der Waals surface area contributed by atoms with Gasteiger partial charge in [-0.25, -0.2) is 9.78 Å². The monoisotopic (exact) mass is 477 g/mol. The van der Waals surface area contributed by atoms with Crippen LogP contribution in [0.2, 0.25) is 0 Å². The van der Waals surface area contributed by atoms with E-state index in [1.165, 1.54) is 0 Å². The van der Waals surface area contributed by atoms with Gasteiger partial charge < -0.3 is 28.8 Å². The number of rotatable bonds is 9. The third-order valence-corrected chi connectivity index (χ3v) is 6.41. The molecule has 182 valence electrons. The van der Waals surface area contributed by atoms with E-state index in [4.69, 9.17) is 19.2 Å². The number of hydrogen-bond donors (Lipinski definition) is 1. The summed E-state index contributed by atoms with van der Waals surface area (Å²) in [6.07, 6.45) is 3.33. The van der Waals surface area contributed by atoms with Crippen LogP contribution in [0.1, 0.15) is 34.6 Å². The molecule has 0 bridgehead atoms. The molecule has 0 spiro atoms. The third-order valence-electron chi connectivity index (χ3n) is 6.41. The number of carboxylic acid groups (broad SMARTS) is 1. The molecule has 2 aromatic carbocycles. The molecule has 0 aliphatic carbocycles. The third kappa shape index (κ3) is 4.78. The quantitative estimate of drug-likeness (QED) is 0.472. The number of benzene rings is 2. The van der Waals surface area contributed by atoms with Gasteiger partial charge in [-0.05, 0) is 42.7 Å². The van der Waals surface area contributed by atoms with E-state index >= 15 is 0 Å². The lowest BCUT2D eigenvalue weighted by Crippen LogP contribution is -2.36. The number of imidazole rings is 1. The van der Waals surface area contributed by atoms with Gasteiger partial charge in [-0.2, -0.15) is 0 Å². The number of methoxy groups -OCH3 is 1. The number of amides is 1. The van der Waals surface area contributed by atoms with E-state index in [1.54, 1.807) is 36.3 Å². The highest BCUT2D eigenvalue weighted by molar-refractivity contribution is 5.97. The SMILES string of the molecule is COCOc1ccccc1C1=CC(=O)N(Cc2nc3ccc(C(=O)O)cc3n2C[C@@H]2CCO2)CC1. The van der Waals surface area contributed by atoms with Gasteiger partial charge in [0, 0.05) is 31.9 Å². The van der Waals surface area contributed by atoms with Crippen LogP contribution in [0.5, 0.6) is 5.75 Å². The van der Waals surface area contributed by atoms with E-state index in [-0.39, 0.29) is 24.4 Å². The van der Waals surface area contributed by atoms with E-state index < -0.39 is 5.97 Å². The minimum Gasteiger partial charge on any atom is -0.478 e. The highest BCUT2D eigenvalue weighted by Crippen LogP contribution is 2.31. The number of para-hydroxylation sites is 1. The van der Waals surface area contributed by atoms with Gasteiger partial charge in [0.25, 0.3) is 0 Å². The molecule has 3 aromatic rings. The van der Waals surface area contributed by atoms with Crippen molar-refractivity contribution in [3.8, 4) is 5.75 Å². The Labute approximate surface area is 202 Å². The summed E-state index contributed by atoms with van der Waals surface area (Å²) >= 11 is 0. The topological polar surface area (TPSA) is 103 Å². The van der Waals surface area contributed by atoms with Gasteiger partial charge in [0.05, 0.1) is 35.8 Å². The van der Waals surface area contributed by atoms with Gasteiger partial charge in [0.2, 0.25) is 5.91 Å². The van der Waals surface area contributed by atoms with Crippen molar-refractivity contribution in [2.24, 2.45) is 0 Å². The van der Waals surface area contributed by atoms with Crippen LogP contribution >= 0.6 is 0 Å². The first-order valence-electron chi connectivity index (χ1n) is 11.6. The number of carbonyl (C=O) groups is 2. The number of carboxylic acids is 1. The van der Waals surface area contributed by atoms with E-state index in [0.29, 0.717) is 43.1 Å². The Morgan fingerprint density at radius 3 is 2.80 bits per heavy atom. The van der Waals surface area contributed by atoms with Crippen LogP contribution in [0, 0.1) is 0 Å². The van der Waals surface area contributed by atoms with Gasteiger partial charge >= 0.3 is 5.97 Å². The fourth-order valence-corrected chi connectivity index (χ4v) is 4.46. The van der Waals surface area contributed by atoms with Gasteiger partial charge in [0.15, 0.2) is 6.79 Å². The van der Waals surface area contributed by atoms with Crippen molar-refractivity contribution in [3.63, 3.8) is 0 Å². The number of nitrogens with zero attached hydrogens (tertiary/aromatic N) is 3. The maximum absolute atomic E-state index is 13.1. The maximum Gasteiger partial charge on any atom is 0.335 e. The molecule has 0 saturated carbocycles. The minimum atomic E-state index is -0.986. The van der Waals surface area contributed by atoms with Crippen LogP contribution in [0.4, 0.5) is 0 Å². The number of carbonyl (C=O) groups excluding carboxylic acids is 1. The van der Waals surface area contributed by atoms with Crippen LogP contribution in [0.3, 0.4) is 0 Å². The second-order valence-corrected chi connectivity index (χ2v) is 8.66. The summed E-state index contributed by atoms with van der Waals surface area (Å²) in [4.78, 5) is 31.1. The van der Waals surface area contributed by atoms with Crippen molar-refractivity contribution >= 4 is 28.5 Å². The summed E-state index contributed by atoms with van der Waals surface area (Å²) in [7, 11) is 1.57. The van der Waals surface area contributed by atoms with Crippen molar-refractivity contribution < 1.29 is 28.9 Å². The molecular weight excluding hydrogens is 450 g/mol. The van der Waals surface area contributed by atoms with Crippen LogP contribution in [-0.4, -0.2) is 64.6 Å². The number of fused-ring (bicyclic) bond motifs is 1. The molecular formula is C26H27N3O6. The van der Waals surface area contributed by atoms with E-state index in [2.05, 4.69) is 0 Å². The molecule has 1 atom stereocenters. The molecule has 1 aromatic heterocycles. The van der Waals surface area contributed by atoms with Gasteiger partial charge in [-0.3, -0.25) is 4.79 Å². The van der Waals surface area contributed by atoms with Crippen molar-refractivity contribution in [2.75, 3.05) is 27.1 Å². The average Bonchev–Trinajstić information content (AvgIpc) is 3.17. The predicted molar refractivity (Wildman–Crippen MR) is 128 cm³/mol. The second kappa shape index (κ2) is 9.89. The van der Waals surface area contributed by atoms with E-state index in [0.717, 1.165) is 29.7 Å². The zero-order valence-corrected chi connectivity index (χ0v) is 19.5. The normalized spacial score (nSPS) is 17.9. The van der Waals surface area contributed by atoms with Crippen molar-refractivity contribution in [3.05, 3.63) is 65.5 Å². The van der Waals surface area contributed by atoms with Crippen LogP contribution in [0.15, 0.2) is 48.5 Å². The summed E-state index contributed by atoms with van der Waals surface area (Å²) in [5, 5.41) is 9.43. The smallest absolute Gasteiger partial charge is 0.335 e. The zero-order valence-electron chi connectivity index (χ0n) is 19.5. The molecule has 3 heterocycles. The zero-order chi connectivity index (χ0) is 24.4. The number of hydrogen-bond acceptors (Lipinski definition) is 6. The van der Waals surface area contributed by atoms with Crippen LogP contribution in [-0.2, 0) is 27.4 Å². The molecule has 35 heavy (non-hydrogen) atoms. The van der Waals surface area contributed by atoms with E-state index in [1.807, 2.05) is 28.8 Å². The van der Waals surface area contributed by atoms with Gasteiger partial charge in [0.1, 0.15) is 11.6 Å². The molecule has 1 amide bonds. The number of aromatic nitrogens is 2. The van der Waals surface area contributed by atoms with Crippen molar-refractivity contribution in [1.29, 1.82) is 0 Å². The Balaban J connectivity index is 1.41. The Kier molecular flexibility index (Phi) is 6.52. The molecule has 2 aliphatic rings. The average molecular weight is 478 g/mol. The molecule has 9 heteroatoms. The fourth-order valence-electron chi connectivity index (χ4n) is 4.46. The first-order valence-corrected chi connectivity index (χ1v) is 11.6. The predicted octanol–water partition coefficient (Wildman–Crippen LogP) is 3.32. The highest BCUT2D eigenvalue weighted by Gasteiger charge is 2.26. The molecule has 0 radical (unpaired) electrons.